The molecule has 4 N–H and O–H groups in total. The van der Waals surface area contributed by atoms with Crippen molar-refractivity contribution in [2.45, 2.75) is 32.4 Å². The number of anilines is 1. The standard InChI is InChI=1S/C24H22F2N6O3S/c1-12(27)35-22(28)17-8-7-15(20(31-17)16-9-18(21(25)26)29-11-19(16)34-2)23(33)32-24-30-10-14(36-24)6-5-13-3-4-13/h7-11,13,21-22,27H,3-4,28H2,1-2H3,(H,30,32,33). The van der Waals surface area contributed by atoms with Crippen LogP contribution in [0, 0.1) is 23.2 Å². The maximum atomic E-state index is 13.4. The van der Waals surface area contributed by atoms with Crippen LogP contribution in [0.2, 0.25) is 0 Å². The van der Waals surface area contributed by atoms with E-state index >= 15 is 0 Å². The van der Waals surface area contributed by atoms with E-state index < -0.39 is 24.3 Å². The van der Waals surface area contributed by atoms with Gasteiger partial charge in [0, 0.05) is 18.4 Å². The smallest absolute Gasteiger partial charge is 0.280 e. The third-order valence-electron chi connectivity index (χ3n) is 5.05. The van der Waals surface area contributed by atoms with E-state index in [1.807, 2.05) is 0 Å². The molecule has 9 nitrogen and oxygen atoms in total. The molecule has 4 rings (SSSR count). The number of rotatable bonds is 7. The van der Waals surface area contributed by atoms with Gasteiger partial charge in [0.25, 0.3) is 12.3 Å². The fraction of sp³-hybridized carbons (Fsp3) is 0.292. The molecule has 1 unspecified atom stereocenters. The summed E-state index contributed by atoms with van der Waals surface area (Å²) in [5.41, 5.74) is 5.85. The Morgan fingerprint density at radius 2 is 2.06 bits per heavy atom. The first-order valence-corrected chi connectivity index (χ1v) is 11.7. The fourth-order valence-electron chi connectivity index (χ4n) is 3.15. The Labute approximate surface area is 209 Å². The highest BCUT2D eigenvalue weighted by Gasteiger charge is 2.24. The number of pyridine rings is 2. The number of carbonyl (C=O) groups excluding carboxylic acids is 1. The Hall–Kier alpha value is -3.95. The molecule has 3 heterocycles. The zero-order valence-corrected chi connectivity index (χ0v) is 20.2. The lowest BCUT2D eigenvalue weighted by atomic mass is 10.0. The van der Waals surface area contributed by atoms with Gasteiger partial charge < -0.3 is 9.47 Å². The predicted molar refractivity (Wildman–Crippen MR) is 130 cm³/mol. The van der Waals surface area contributed by atoms with Gasteiger partial charge in [-0.25, -0.2) is 18.7 Å². The number of hydrogen-bond acceptors (Lipinski definition) is 9. The van der Waals surface area contributed by atoms with Crippen molar-refractivity contribution in [2.24, 2.45) is 11.7 Å². The number of methoxy groups -OCH3 is 1. The Balaban J connectivity index is 1.73. The molecular formula is C24H22F2N6O3S. The average molecular weight is 513 g/mol. The summed E-state index contributed by atoms with van der Waals surface area (Å²) in [5, 5.41) is 10.5. The Morgan fingerprint density at radius 3 is 2.72 bits per heavy atom. The molecule has 0 aromatic carbocycles. The van der Waals surface area contributed by atoms with Crippen molar-refractivity contribution in [1.82, 2.24) is 15.0 Å². The van der Waals surface area contributed by atoms with Gasteiger partial charge in [0.05, 0.1) is 41.3 Å². The van der Waals surface area contributed by atoms with Crippen LogP contribution >= 0.6 is 11.3 Å². The minimum absolute atomic E-state index is 0.0261. The van der Waals surface area contributed by atoms with Crippen LogP contribution < -0.4 is 15.8 Å². The van der Waals surface area contributed by atoms with E-state index in [1.165, 1.54) is 37.5 Å². The SMILES string of the molecule is COc1cnc(C(F)F)cc1-c1nc(C(N)OC(C)=N)ccc1C(=O)Nc1ncc(C#CC2CC2)s1. The van der Waals surface area contributed by atoms with Gasteiger partial charge in [0.1, 0.15) is 11.4 Å². The van der Waals surface area contributed by atoms with Crippen LogP contribution in [0.4, 0.5) is 13.9 Å². The molecule has 3 aromatic heterocycles. The predicted octanol–water partition coefficient (Wildman–Crippen LogP) is 4.53. The highest BCUT2D eigenvalue weighted by molar-refractivity contribution is 7.16. The molecule has 12 heteroatoms. The van der Waals surface area contributed by atoms with Crippen LogP contribution in [-0.4, -0.2) is 33.9 Å². The van der Waals surface area contributed by atoms with E-state index in [9.17, 15) is 13.6 Å². The van der Waals surface area contributed by atoms with Crippen molar-refractivity contribution >= 4 is 28.3 Å². The van der Waals surface area contributed by atoms with Crippen LogP contribution in [0.3, 0.4) is 0 Å². The normalized spacial score (nSPS) is 13.5. The zero-order chi connectivity index (χ0) is 25.8. The van der Waals surface area contributed by atoms with Crippen molar-refractivity contribution in [2.75, 3.05) is 12.4 Å². The lowest BCUT2D eigenvalue weighted by molar-refractivity contribution is 0.102. The summed E-state index contributed by atoms with van der Waals surface area (Å²) < 4.78 is 37.4. The highest BCUT2D eigenvalue weighted by atomic mass is 32.1. The molecule has 1 fully saturated rings. The van der Waals surface area contributed by atoms with Crippen molar-refractivity contribution in [1.29, 1.82) is 5.41 Å². The fourth-order valence-corrected chi connectivity index (χ4v) is 3.83. The number of amides is 1. The number of ether oxygens (including phenoxy) is 2. The van der Waals surface area contributed by atoms with Crippen molar-refractivity contribution < 1.29 is 23.0 Å². The van der Waals surface area contributed by atoms with Crippen LogP contribution in [-0.2, 0) is 4.74 Å². The first-order chi connectivity index (χ1) is 17.2. The molecule has 1 atom stereocenters. The number of carbonyl (C=O) groups is 1. The van der Waals surface area contributed by atoms with Crippen LogP contribution in [0.15, 0.2) is 30.6 Å². The molecule has 186 valence electrons. The number of alkyl halides is 2. The third kappa shape index (κ3) is 5.99. The summed E-state index contributed by atoms with van der Waals surface area (Å²) in [4.78, 5) is 26.3. The molecule has 36 heavy (non-hydrogen) atoms. The zero-order valence-electron chi connectivity index (χ0n) is 19.3. The van der Waals surface area contributed by atoms with Crippen LogP contribution in [0.1, 0.15) is 59.0 Å². The summed E-state index contributed by atoms with van der Waals surface area (Å²) in [6.07, 6.45) is 0.937. The maximum Gasteiger partial charge on any atom is 0.280 e. The van der Waals surface area contributed by atoms with E-state index in [0.717, 1.165) is 25.1 Å². The molecule has 1 saturated carbocycles. The molecule has 0 saturated heterocycles. The largest absolute Gasteiger partial charge is 0.494 e. The van der Waals surface area contributed by atoms with Gasteiger partial charge in [-0.2, -0.15) is 0 Å². The topological polar surface area (TPSA) is 136 Å². The lowest BCUT2D eigenvalue weighted by Gasteiger charge is -2.17. The van der Waals surface area contributed by atoms with Gasteiger partial charge in [0.2, 0.25) is 0 Å². The number of aromatic nitrogens is 3. The van der Waals surface area contributed by atoms with Gasteiger partial charge in [-0.15, -0.1) is 0 Å². The van der Waals surface area contributed by atoms with Gasteiger partial charge in [-0.1, -0.05) is 23.2 Å². The summed E-state index contributed by atoms with van der Waals surface area (Å²) in [6, 6.07) is 4.01. The number of hydrogen-bond donors (Lipinski definition) is 3. The molecule has 0 radical (unpaired) electrons. The lowest BCUT2D eigenvalue weighted by Crippen LogP contribution is -2.20. The first kappa shape index (κ1) is 25.2. The Bertz CT molecular complexity index is 1360. The minimum Gasteiger partial charge on any atom is -0.494 e. The quantitative estimate of drug-likeness (QED) is 0.183. The molecule has 0 aliphatic heterocycles. The van der Waals surface area contributed by atoms with Gasteiger partial charge in [-0.05, 0) is 31.0 Å². The van der Waals surface area contributed by atoms with Crippen molar-refractivity contribution in [3.05, 3.63) is 52.4 Å². The maximum absolute atomic E-state index is 13.4. The summed E-state index contributed by atoms with van der Waals surface area (Å²) in [6.45, 7) is 1.40. The van der Waals surface area contributed by atoms with Crippen LogP contribution in [0.5, 0.6) is 5.75 Å². The van der Waals surface area contributed by atoms with E-state index in [4.69, 9.17) is 20.6 Å². The summed E-state index contributed by atoms with van der Waals surface area (Å²) in [7, 11) is 1.35. The number of thiazole rings is 1. The second-order valence-corrected chi connectivity index (χ2v) is 8.90. The van der Waals surface area contributed by atoms with E-state index in [-0.39, 0.29) is 34.2 Å². The molecule has 1 amide bonds. The first-order valence-electron chi connectivity index (χ1n) is 10.8. The number of nitrogens with one attached hydrogen (secondary N) is 2. The summed E-state index contributed by atoms with van der Waals surface area (Å²) >= 11 is 1.22. The molecule has 1 aliphatic carbocycles. The van der Waals surface area contributed by atoms with E-state index in [1.54, 1.807) is 6.20 Å². The average Bonchev–Trinajstić information content (AvgIpc) is 3.58. The second-order valence-electron chi connectivity index (χ2n) is 7.86. The molecule has 1 aliphatic rings. The summed E-state index contributed by atoms with van der Waals surface area (Å²) in [5.74, 6) is 6.03. The third-order valence-corrected chi connectivity index (χ3v) is 5.88. The number of nitrogens with two attached hydrogens (primary N) is 1. The van der Waals surface area contributed by atoms with Crippen molar-refractivity contribution in [3.8, 4) is 28.8 Å². The van der Waals surface area contributed by atoms with Crippen LogP contribution in [0.25, 0.3) is 11.3 Å². The van der Waals surface area contributed by atoms with E-state index in [0.29, 0.717) is 15.9 Å². The second kappa shape index (κ2) is 10.8. The van der Waals surface area contributed by atoms with Gasteiger partial charge in [-0.3, -0.25) is 26.2 Å². The molecule has 0 spiro atoms. The molecule has 3 aromatic rings. The highest BCUT2D eigenvalue weighted by Crippen LogP contribution is 2.34. The molecular weight excluding hydrogens is 490 g/mol. The number of nitrogens with zero attached hydrogens (tertiary/aromatic N) is 3. The Kier molecular flexibility index (Phi) is 7.52. The monoisotopic (exact) mass is 512 g/mol. The van der Waals surface area contributed by atoms with Crippen molar-refractivity contribution in [3.63, 3.8) is 0 Å². The minimum atomic E-state index is -2.85. The number of halogens is 2. The van der Waals surface area contributed by atoms with E-state index in [2.05, 4.69) is 32.1 Å². The van der Waals surface area contributed by atoms with Gasteiger partial charge in [0.15, 0.2) is 17.3 Å². The van der Waals surface area contributed by atoms with Gasteiger partial charge >= 0.3 is 0 Å². The Morgan fingerprint density at radius 1 is 1.28 bits per heavy atom. The molecule has 0 bridgehead atoms.